The fraction of sp³-hybridized carbons (Fsp3) is 0.263. The third kappa shape index (κ3) is 4.18. The molecule has 0 fully saturated rings. The summed E-state index contributed by atoms with van der Waals surface area (Å²) in [6.07, 6.45) is 7.91. The lowest BCUT2D eigenvalue weighted by Gasteiger charge is -2.15. The monoisotopic (exact) mass is 397 g/mol. The van der Waals surface area contributed by atoms with Crippen LogP contribution in [0, 0.1) is 11.3 Å². The Labute approximate surface area is 166 Å². The maximum Gasteiger partial charge on any atom is 0.270 e. The standard InChI is InChI=1S/C19H19N5O3S/c1-26-15-6-3-5-13(16-14(11-20)18(25)23-19(22-16)28-2)17(15)27-10-4-8-24-9-7-21-12-24/h3,5-7,9,12H,4,8,10H2,1-2H3,(H,22,23,25). The second kappa shape index (κ2) is 9.10. The van der Waals surface area contributed by atoms with Crippen LogP contribution in [0.3, 0.4) is 0 Å². The molecule has 0 bridgehead atoms. The van der Waals surface area contributed by atoms with Crippen molar-refractivity contribution < 1.29 is 9.47 Å². The molecule has 0 aliphatic carbocycles. The molecule has 0 radical (unpaired) electrons. The van der Waals surface area contributed by atoms with E-state index in [2.05, 4.69) is 15.0 Å². The van der Waals surface area contributed by atoms with E-state index in [9.17, 15) is 10.1 Å². The largest absolute Gasteiger partial charge is 0.493 e. The van der Waals surface area contributed by atoms with Crippen molar-refractivity contribution in [1.82, 2.24) is 19.5 Å². The Morgan fingerprint density at radius 2 is 2.25 bits per heavy atom. The van der Waals surface area contributed by atoms with Crippen molar-refractivity contribution in [1.29, 1.82) is 5.26 Å². The van der Waals surface area contributed by atoms with Crippen LogP contribution in [-0.2, 0) is 6.54 Å². The van der Waals surface area contributed by atoms with Gasteiger partial charge >= 0.3 is 0 Å². The van der Waals surface area contributed by atoms with Gasteiger partial charge in [0.2, 0.25) is 0 Å². The smallest absolute Gasteiger partial charge is 0.270 e. The molecule has 9 heteroatoms. The SMILES string of the molecule is COc1cccc(-c2nc(SC)[nH]c(=O)c2C#N)c1OCCCn1ccnc1. The van der Waals surface area contributed by atoms with Gasteiger partial charge in [-0.3, -0.25) is 4.79 Å². The van der Waals surface area contributed by atoms with Gasteiger partial charge in [0.05, 0.1) is 20.0 Å². The maximum absolute atomic E-state index is 12.3. The van der Waals surface area contributed by atoms with E-state index in [1.54, 1.807) is 44.1 Å². The Balaban J connectivity index is 1.95. The van der Waals surface area contributed by atoms with Gasteiger partial charge in [-0.1, -0.05) is 17.8 Å². The Bertz CT molecular complexity index is 1040. The third-order valence-corrected chi connectivity index (χ3v) is 4.60. The van der Waals surface area contributed by atoms with E-state index in [-0.39, 0.29) is 11.3 Å². The number of hydrogen-bond acceptors (Lipinski definition) is 7. The minimum absolute atomic E-state index is 0.0608. The van der Waals surface area contributed by atoms with Crippen LogP contribution < -0.4 is 15.0 Å². The molecule has 3 aromatic rings. The number of nitrogens with zero attached hydrogens (tertiary/aromatic N) is 4. The molecule has 1 N–H and O–H groups in total. The topological polar surface area (TPSA) is 106 Å². The molecule has 0 aliphatic rings. The van der Waals surface area contributed by atoms with Gasteiger partial charge in [0, 0.05) is 24.5 Å². The van der Waals surface area contributed by atoms with E-state index in [0.717, 1.165) is 13.0 Å². The van der Waals surface area contributed by atoms with E-state index in [0.29, 0.717) is 28.8 Å². The first-order valence-electron chi connectivity index (χ1n) is 8.52. The van der Waals surface area contributed by atoms with Crippen molar-refractivity contribution in [3.05, 3.63) is 52.8 Å². The molecule has 144 valence electrons. The van der Waals surface area contributed by atoms with Crippen molar-refractivity contribution in [3.63, 3.8) is 0 Å². The second-order valence-corrected chi connectivity index (χ2v) is 6.55. The fourth-order valence-electron chi connectivity index (χ4n) is 2.70. The lowest BCUT2D eigenvalue weighted by atomic mass is 10.1. The van der Waals surface area contributed by atoms with E-state index in [1.165, 1.54) is 11.8 Å². The predicted octanol–water partition coefficient (Wildman–Crippen LogP) is 2.70. The van der Waals surface area contributed by atoms with Gasteiger partial charge in [0.15, 0.2) is 16.7 Å². The number of ether oxygens (including phenoxy) is 2. The molecule has 0 saturated carbocycles. The van der Waals surface area contributed by atoms with Crippen molar-refractivity contribution in [2.45, 2.75) is 18.1 Å². The Hall–Kier alpha value is -3.25. The number of nitrogens with one attached hydrogen (secondary N) is 1. The summed E-state index contributed by atoms with van der Waals surface area (Å²) in [4.78, 5) is 23.3. The van der Waals surface area contributed by atoms with Crippen molar-refractivity contribution in [2.24, 2.45) is 0 Å². The number of benzene rings is 1. The van der Waals surface area contributed by atoms with Crippen LogP contribution in [0.4, 0.5) is 0 Å². The van der Waals surface area contributed by atoms with E-state index >= 15 is 0 Å². The van der Waals surface area contributed by atoms with Gasteiger partial charge in [-0.2, -0.15) is 5.26 Å². The third-order valence-electron chi connectivity index (χ3n) is 4.02. The average Bonchev–Trinajstić information content (AvgIpc) is 3.24. The van der Waals surface area contributed by atoms with Crippen LogP contribution in [0.2, 0.25) is 0 Å². The highest BCUT2D eigenvalue weighted by Gasteiger charge is 2.20. The minimum Gasteiger partial charge on any atom is -0.493 e. The van der Waals surface area contributed by atoms with Crippen molar-refractivity contribution >= 4 is 11.8 Å². The van der Waals surface area contributed by atoms with Crippen LogP contribution in [0.25, 0.3) is 11.3 Å². The summed E-state index contributed by atoms with van der Waals surface area (Å²) >= 11 is 1.29. The number of imidazole rings is 1. The number of aromatic amines is 1. The normalized spacial score (nSPS) is 10.5. The molecular weight excluding hydrogens is 378 g/mol. The minimum atomic E-state index is -0.481. The second-order valence-electron chi connectivity index (χ2n) is 5.75. The van der Waals surface area contributed by atoms with Crippen molar-refractivity contribution in [2.75, 3.05) is 20.0 Å². The van der Waals surface area contributed by atoms with Crippen LogP contribution in [-0.4, -0.2) is 39.5 Å². The highest BCUT2D eigenvalue weighted by atomic mass is 32.2. The zero-order valence-corrected chi connectivity index (χ0v) is 16.3. The first kappa shape index (κ1) is 19.5. The van der Waals surface area contributed by atoms with Gasteiger partial charge in [0.25, 0.3) is 5.56 Å². The number of methoxy groups -OCH3 is 1. The van der Waals surface area contributed by atoms with Gasteiger partial charge in [-0.05, 0) is 24.8 Å². The molecule has 28 heavy (non-hydrogen) atoms. The first-order chi connectivity index (χ1) is 13.7. The van der Waals surface area contributed by atoms with Crippen LogP contribution in [0.1, 0.15) is 12.0 Å². The molecule has 1 aromatic carbocycles. The van der Waals surface area contributed by atoms with Gasteiger partial charge in [-0.25, -0.2) is 9.97 Å². The van der Waals surface area contributed by atoms with Crippen LogP contribution >= 0.6 is 11.8 Å². The van der Waals surface area contributed by atoms with Gasteiger partial charge < -0.3 is 19.0 Å². The summed E-state index contributed by atoms with van der Waals surface area (Å²) in [7, 11) is 1.54. The number of para-hydroxylation sites is 1. The molecule has 0 amide bonds. The quantitative estimate of drug-likeness (QED) is 0.354. The molecule has 0 atom stereocenters. The predicted molar refractivity (Wildman–Crippen MR) is 106 cm³/mol. The summed E-state index contributed by atoms with van der Waals surface area (Å²) in [6, 6.07) is 7.25. The van der Waals surface area contributed by atoms with E-state index in [4.69, 9.17) is 9.47 Å². The lowest BCUT2D eigenvalue weighted by Crippen LogP contribution is -2.15. The fourth-order valence-corrected chi connectivity index (χ4v) is 3.08. The van der Waals surface area contributed by atoms with E-state index < -0.39 is 5.56 Å². The van der Waals surface area contributed by atoms with Gasteiger partial charge in [0.1, 0.15) is 17.3 Å². The summed E-state index contributed by atoms with van der Waals surface area (Å²) < 4.78 is 13.4. The zero-order chi connectivity index (χ0) is 19.9. The summed E-state index contributed by atoms with van der Waals surface area (Å²) in [6.45, 7) is 1.18. The molecule has 8 nitrogen and oxygen atoms in total. The molecular formula is C19H19N5O3S. The molecule has 2 heterocycles. The van der Waals surface area contributed by atoms with Crippen LogP contribution in [0.15, 0.2) is 46.9 Å². The number of thioether (sulfide) groups is 1. The summed E-state index contributed by atoms with van der Waals surface area (Å²) in [5.74, 6) is 0.967. The number of nitriles is 1. The Morgan fingerprint density at radius 3 is 2.93 bits per heavy atom. The highest BCUT2D eigenvalue weighted by molar-refractivity contribution is 7.98. The number of hydrogen-bond donors (Lipinski definition) is 1. The summed E-state index contributed by atoms with van der Waals surface area (Å²) in [5.41, 5.74) is 0.277. The first-order valence-corrected chi connectivity index (χ1v) is 9.74. The molecule has 3 rings (SSSR count). The zero-order valence-electron chi connectivity index (χ0n) is 15.5. The average molecular weight is 397 g/mol. The molecule has 0 unspecified atom stereocenters. The Kier molecular flexibility index (Phi) is 6.34. The van der Waals surface area contributed by atoms with Gasteiger partial charge in [-0.15, -0.1) is 0 Å². The Morgan fingerprint density at radius 1 is 1.39 bits per heavy atom. The van der Waals surface area contributed by atoms with E-state index in [1.807, 2.05) is 16.8 Å². The molecule has 0 spiro atoms. The maximum atomic E-state index is 12.3. The molecule has 0 saturated heterocycles. The highest BCUT2D eigenvalue weighted by Crippen LogP contribution is 2.38. The molecule has 0 aliphatic heterocycles. The number of aryl methyl sites for hydroxylation is 1. The number of rotatable bonds is 8. The number of H-pyrrole nitrogens is 1. The van der Waals surface area contributed by atoms with Crippen LogP contribution in [0.5, 0.6) is 11.5 Å². The lowest BCUT2D eigenvalue weighted by molar-refractivity contribution is 0.283. The number of aromatic nitrogens is 4. The van der Waals surface area contributed by atoms with Crippen molar-refractivity contribution in [3.8, 4) is 28.8 Å². The molecule has 2 aromatic heterocycles. The summed E-state index contributed by atoms with van der Waals surface area (Å²) in [5, 5.41) is 9.89.